The van der Waals surface area contributed by atoms with Crippen LogP contribution in [0.5, 0.6) is 23.0 Å². The van der Waals surface area contributed by atoms with Gasteiger partial charge in [-0.2, -0.15) is 0 Å². The minimum atomic E-state index is -0.637. The van der Waals surface area contributed by atoms with Crippen LogP contribution >= 0.6 is 0 Å². The van der Waals surface area contributed by atoms with Gasteiger partial charge in [-0.1, -0.05) is 32.0 Å². The Kier molecular flexibility index (Phi) is 4.75. The van der Waals surface area contributed by atoms with Gasteiger partial charge in [0.15, 0.2) is 28.8 Å². The second-order valence-corrected chi connectivity index (χ2v) is 5.16. The summed E-state index contributed by atoms with van der Waals surface area (Å²) in [5.74, 6) is -1.75. The standard InChI is InChI=1S/C17H19FO4/c1-3-11-7-8-13(18)17(15(11)20)22-9-10(2)12-5-4-6-14(19)16(12)21/h4-8,10,19-21H,3,9H2,1-2H3. The largest absolute Gasteiger partial charge is 0.504 e. The van der Waals surface area contributed by atoms with Crippen molar-refractivity contribution in [2.75, 3.05) is 6.61 Å². The van der Waals surface area contributed by atoms with E-state index in [-0.39, 0.29) is 35.5 Å². The van der Waals surface area contributed by atoms with E-state index in [4.69, 9.17) is 4.74 Å². The fourth-order valence-corrected chi connectivity index (χ4v) is 2.25. The van der Waals surface area contributed by atoms with Crippen molar-refractivity contribution in [3.8, 4) is 23.0 Å². The van der Waals surface area contributed by atoms with Gasteiger partial charge >= 0.3 is 0 Å². The first-order valence-electron chi connectivity index (χ1n) is 7.09. The molecule has 5 heteroatoms. The first kappa shape index (κ1) is 15.9. The summed E-state index contributed by atoms with van der Waals surface area (Å²) in [6, 6.07) is 7.41. The number of para-hydroxylation sites is 1. The van der Waals surface area contributed by atoms with E-state index >= 15 is 0 Å². The van der Waals surface area contributed by atoms with Crippen LogP contribution in [-0.2, 0) is 6.42 Å². The van der Waals surface area contributed by atoms with Crippen LogP contribution in [0.2, 0.25) is 0 Å². The molecule has 0 aliphatic carbocycles. The van der Waals surface area contributed by atoms with Crippen molar-refractivity contribution >= 4 is 0 Å². The maximum atomic E-state index is 13.8. The fraction of sp³-hybridized carbons (Fsp3) is 0.294. The SMILES string of the molecule is CCc1ccc(F)c(OCC(C)c2cccc(O)c2O)c1O. The van der Waals surface area contributed by atoms with Crippen LogP contribution in [0.15, 0.2) is 30.3 Å². The molecule has 0 saturated carbocycles. The lowest BCUT2D eigenvalue weighted by molar-refractivity contribution is 0.264. The molecule has 2 aromatic carbocycles. The Hall–Kier alpha value is -2.43. The lowest BCUT2D eigenvalue weighted by Gasteiger charge is -2.17. The number of ether oxygens (including phenoxy) is 1. The van der Waals surface area contributed by atoms with Gasteiger partial charge in [0.1, 0.15) is 0 Å². The number of benzene rings is 2. The third kappa shape index (κ3) is 3.08. The van der Waals surface area contributed by atoms with Gasteiger partial charge in [-0.3, -0.25) is 0 Å². The number of hydrogen-bond acceptors (Lipinski definition) is 4. The quantitative estimate of drug-likeness (QED) is 0.737. The molecule has 0 aliphatic rings. The molecule has 0 aromatic heterocycles. The molecular formula is C17H19FO4. The maximum Gasteiger partial charge on any atom is 0.197 e. The molecule has 0 amide bonds. The van der Waals surface area contributed by atoms with Crippen LogP contribution in [-0.4, -0.2) is 21.9 Å². The summed E-state index contributed by atoms with van der Waals surface area (Å²) in [6.07, 6.45) is 0.561. The van der Waals surface area contributed by atoms with Gasteiger partial charge in [0.25, 0.3) is 0 Å². The zero-order chi connectivity index (χ0) is 16.3. The van der Waals surface area contributed by atoms with E-state index in [9.17, 15) is 19.7 Å². The van der Waals surface area contributed by atoms with Gasteiger partial charge in [-0.15, -0.1) is 0 Å². The lowest BCUT2D eigenvalue weighted by Crippen LogP contribution is -2.09. The van der Waals surface area contributed by atoms with Crippen LogP contribution in [0.25, 0.3) is 0 Å². The van der Waals surface area contributed by atoms with Gasteiger partial charge in [0.05, 0.1) is 6.61 Å². The van der Waals surface area contributed by atoms with E-state index in [1.54, 1.807) is 19.1 Å². The molecule has 1 atom stereocenters. The Morgan fingerprint density at radius 1 is 1.09 bits per heavy atom. The third-order valence-electron chi connectivity index (χ3n) is 3.60. The van der Waals surface area contributed by atoms with E-state index < -0.39 is 5.82 Å². The molecule has 0 fully saturated rings. The van der Waals surface area contributed by atoms with E-state index in [1.807, 2.05) is 6.92 Å². The summed E-state index contributed by atoms with van der Waals surface area (Å²) in [4.78, 5) is 0. The molecule has 0 radical (unpaired) electrons. The van der Waals surface area contributed by atoms with E-state index in [2.05, 4.69) is 0 Å². The van der Waals surface area contributed by atoms with Crippen LogP contribution in [0.4, 0.5) is 4.39 Å². The van der Waals surface area contributed by atoms with Crippen molar-refractivity contribution in [2.24, 2.45) is 0 Å². The minimum absolute atomic E-state index is 0.0503. The van der Waals surface area contributed by atoms with E-state index in [0.717, 1.165) is 0 Å². The summed E-state index contributed by atoms with van der Waals surface area (Å²) >= 11 is 0. The number of halogens is 1. The van der Waals surface area contributed by atoms with Crippen LogP contribution < -0.4 is 4.74 Å². The van der Waals surface area contributed by atoms with Gasteiger partial charge in [0, 0.05) is 11.5 Å². The molecule has 118 valence electrons. The first-order chi connectivity index (χ1) is 10.5. The number of phenolic OH excluding ortho intramolecular Hbond substituents is 3. The normalized spacial score (nSPS) is 12.1. The predicted molar refractivity (Wildman–Crippen MR) is 81.1 cm³/mol. The molecule has 2 aromatic rings. The average molecular weight is 306 g/mol. The maximum absolute atomic E-state index is 13.8. The highest BCUT2D eigenvalue weighted by Gasteiger charge is 2.17. The van der Waals surface area contributed by atoms with Crippen molar-refractivity contribution < 1.29 is 24.4 Å². The van der Waals surface area contributed by atoms with Crippen molar-refractivity contribution in [1.29, 1.82) is 0 Å². The second kappa shape index (κ2) is 6.56. The summed E-state index contributed by atoms with van der Waals surface area (Å²) in [6.45, 7) is 3.67. The molecule has 0 aliphatic heterocycles. The lowest BCUT2D eigenvalue weighted by atomic mass is 10.0. The molecule has 0 saturated heterocycles. The Morgan fingerprint density at radius 2 is 1.82 bits per heavy atom. The average Bonchev–Trinajstić information content (AvgIpc) is 2.49. The molecule has 2 rings (SSSR count). The number of aryl methyl sites for hydroxylation is 1. The Balaban J connectivity index is 2.18. The number of phenols is 3. The predicted octanol–water partition coefficient (Wildman–Crippen LogP) is 3.69. The van der Waals surface area contributed by atoms with Crippen molar-refractivity contribution in [1.82, 2.24) is 0 Å². The number of aromatic hydroxyl groups is 3. The fourth-order valence-electron chi connectivity index (χ4n) is 2.25. The van der Waals surface area contributed by atoms with Gasteiger partial charge in [-0.05, 0) is 24.1 Å². The number of rotatable bonds is 5. The summed E-state index contributed by atoms with van der Waals surface area (Å²) in [5, 5.41) is 29.3. The van der Waals surface area contributed by atoms with Crippen LogP contribution in [0.1, 0.15) is 30.9 Å². The molecule has 0 bridgehead atoms. The molecular weight excluding hydrogens is 287 g/mol. The van der Waals surface area contributed by atoms with Gasteiger partial charge in [0.2, 0.25) is 0 Å². The van der Waals surface area contributed by atoms with Gasteiger partial charge < -0.3 is 20.1 Å². The molecule has 3 N–H and O–H groups in total. The first-order valence-corrected chi connectivity index (χ1v) is 7.09. The highest BCUT2D eigenvalue weighted by atomic mass is 19.1. The molecule has 0 spiro atoms. The molecule has 4 nitrogen and oxygen atoms in total. The van der Waals surface area contributed by atoms with Crippen LogP contribution in [0, 0.1) is 5.82 Å². The minimum Gasteiger partial charge on any atom is -0.504 e. The smallest absolute Gasteiger partial charge is 0.197 e. The summed E-state index contributed by atoms with van der Waals surface area (Å²) < 4.78 is 19.2. The second-order valence-electron chi connectivity index (χ2n) is 5.16. The Bertz CT molecular complexity index is 670. The Labute approximate surface area is 128 Å². The zero-order valence-electron chi connectivity index (χ0n) is 12.5. The topological polar surface area (TPSA) is 69.9 Å². The highest BCUT2D eigenvalue weighted by Crippen LogP contribution is 2.36. The van der Waals surface area contributed by atoms with E-state index in [0.29, 0.717) is 17.5 Å². The molecule has 22 heavy (non-hydrogen) atoms. The third-order valence-corrected chi connectivity index (χ3v) is 3.60. The van der Waals surface area contributed by atoms with E-state index in [1.165, 1.54) is 18.2 Å². The van der Waals surface area contributed by atoms with Crippen molar-refractivity contribution in [3.05, 3.63) is 47.3 Å². The summed E-state index contributed by atoms with van der Waals surface area (Å²) in [5.41, 5.74) is 1.09. The highest BCUT2D eigenvalue weighted by molar-refractivity contribution is 5.47. The van der Waals surface area contributed by atoms with Gasteiger partial charge in [-0.25, -0.2) is 4.39 Å². The zero-order valence-corrected chi connectivity index (χ0v) is 12.5. The number of hydrogen-bond donors (Lipinski definition) is 3. The monoisotopic (exact) mass is 306 g/mol. The Morgan fingerprint density at radius 3 is 2.50 bits per heavy atom. The summed E-state index contributed by atoms with van der Waals surface area (Å²) in [7, 11) is 0. The molecule has 0 heterocycles. The van der Waals surface area contributed by atoms with Crippen molar-refractivity contribution in [2.45, 2.75) is 26.2 Å². The molecule has 1 unspecified atom stereocenters. The van der Waals surface area contributed by atoms with Crippen LogP contribution in [0.3, 0.4) is 0 Å². The van der Waals surface area contributed by atoms with Crippen molar-refractivity contribution in [3.63, 3.8) is 0 Å².